The molecule has 0 unspecified atom stereocenters. The lowest BCUT2D eigenvalue weighted by atomic mass is 9.90. The van der Waals surface area contributed by atoms with E-state index in [-0.39, 0.29) is 25.3 Å². The van der Waals surface area contributed by atoms with Gasteiger partial charge in [-0.25, -0.2) is 4.79 Å². The van der Waals surface area contributed by atoms with Crippen LogP contribution >= 0.6 is 0 Å². The van der Waals surface area contributed by atoms with Crippen molar-refractivity contribution in [3.63, 3.8) is 0 Å². The molecule has 2 aliphatic rings. The second-order valence-electron chi connectivity index (χ2n) is 7.17. The van der Waals surface area contributed by atoms with Crippen LogP contribution in [0, 0.1) is 0 Å². The number of carbonyl (C=O) groups is 2. The van der Waals surface area contributed by atoms with Crippen LogP contribution in [0.2, 0.25) is 0 Å². The third-order valence-electron chi connectivity index (χ3n) is 5.19. The molecule has 0 spiro atoms. The van der Waals surface area contributed by atoms with E-state index in [1.54, 1.807) is 6.07 Å². The van der Waals surface area contributed by atoms with Crippen molar-refractivity contribution in [3.8, 4) is 11.5 Å². The highest BCUT2D eigenvalue weighted by molar-refractivity contribution is 5.91. The summed E-state index contributed by atoms with van der Waals surface area (Å²) in [6.45, 7) is 1.75. The summed E-state index contributed by atoms with van der Waals surface area (Å²) in [5.41, 5.74) is 3.90. The van der Waals surface area contributed by atoms with Crippen molar-refractivity contribution < 1.29 is 23.8 Å². The lowest BCUT2D eigenvalue weighted by Crippen LogP contribution is -2.31. The topological polar surface area (TPSA) is 73.9 Å². The van der Waals surface area contributed by atoms with Crippen molar-refractivity contribution >= 4 is 11.9 Å². The van der Waals surface area contributed by atoms with Gasteiger partial charge in [0.1, 0.15) is 0 Å². The van der Waals surface area contributed by atoms with E-state index in [2.05, 4.69) is 5.32 Å². The Labute approximate surface area is 163 Å². The second-order valence-corrected chi connectivity index (χ2v) is 7.17. The summed E-state index contributed by atoms with van der Waals surface area (Å²) < 4.78 is 15.8. The van der Waals surface area contributed by atoms with Gasteiger partial charge in [-0.2, -0.15) is 0 Å². The van der Waals surface area contributed by atoms with Crippen molar-refractivity contribution in [2.24, 2.45) is 0 Å². The van der Waals surface area contributed by atoms with Crippen LogP contribution in [0.25, 0.3) is 0 Å². The van der Waals surface area contributed by atoms with Crippen LogP contribution in [-0.2, 0) is 22.4 Å². The molecule has 4 rings (SSSR count). The molecule has 1 aliphatic carbocycles. The van der Waals surface area contributed by atoms with E-state index in [0.29, 0.717) is 17.1 Å². The highest BCUT2D eigenvalue weighted by atomic mass is 16.7. The van der Waals surface area contributed by atoms with Crippen LogP contribution in [0.4, 0.5) is 0 Å². The number of esters is 1. The van der Waals surface area contributed by atoms with Crippen LogP contribution in [0.3, 0.4) is 0 Å². The van der Waals surface area contributed by atoms with E-state index < -0.39 is 5.97 Å². The number of benzene rings is 2. The predicted octanol–water partition coefficient (Wildman–Crippen LogP) is 3.33. The van der Waals surface area contributed by atoms with Gasteiger partial charge in [0.15, 0.2) is 18.1 Å². The third-order valence-corrected chi connectivity index (χ3v) is 5.19. The highest BCUT2D eigenvalue weighted by Crippen LogP contribution is 2.34. The van der Waals surface area contributed by atoms with Crippen LogP contribution in [0.1, 0.15) is 52.9 Å². The molecule has 0 radical (unpaired) electrons. The molecule has 6 nitrogen and oxygen atoms in total. The summed E-state index contributed by atoms with van der Waals surface area (Å²) in [6, 6.07) is 10.9. The van der Waals surface area contributed by atoms with Gasteiger partial charge < -0.3 is 19.5 Å². The summed E-state index contributed by atoms with van der Waals surface area (Å²) >= 11 is 0. The van der Waals surface area contributed by atoms with Gasteiger partial charge in [0.05, 0.1) is 11.6 Å². The molecule has 1 heterocycles. The standard InChI is InChI=1S/C22H23NO5/c1-14(16-8-9-19-20(11-16)28-13-27-19)23-21(24)12-26-22(25)18-7-6-15-4-2-3-5-17(15)10-18/h6-11,14H,2-5,12-13H2,1H3,(H,23,24)/t14-/m0/s1. The first kappa shape index (κ1) is 18.3. The van der Waals surface area contributed by atoms with Gasteiger partial charge in [0, 0.05) is 0 Å². The van der Waals surface area contributed by atoms with Gasteiger partial charge in [-0.05, 0) is 73.6 Å². The summed E-state index contributed by atoms with van der Waals surface area (Å²) in [4.78, 5) is 24.5. The molecule has 0 saturated heterocycles. The SMILES string of the molecule is C[C@H](NC(=O)COC(=O)c1ccc2c(c1)CCCC2)c1ccc2c(c1)OCO2. The van der Waals surface area contributed by atoms with Gasteiger partial charge >= 0.3 is 5.97 Å². The monoisotopic (exact) mass is 381 g/mol. The average Bonchev–Trinajstić information content (AvgIpc) is 3.19. The Morgan fingerprint density at radius 3 is 2.68 bits per heavy atom. The molecule has 1 N–H and O–H groups in total. The highest BCUT2D eigenvalue weighted by Gasteiger charge is 2.18. The van der Waals surface area contributed by atoms with Crippen LogP contribution in [0.15, 0.2) is 36.4 Å². The molecule has 2 aromatic rings. The molecular formula is C22H23NO5. The zero-order chi connectivity index (χ0) is 19.5. The van der Waals surface area contributed by atoms with Gasteiger partial charge in [-0.1, -0.05) is 12.1 Å². The number of ether oxygens (including phenoxy) is 3. The van der Waals surface area contributed by atoms with Gasteiger partial charge in [0.2, 0.25) is 6.79 Å². The Bertz CT molecular complexity index is 908. The van der Waals surface area contributed by atoms with Crippen molar-refractivity contribution in [2.45, 2.75) is 38.6 Å². The molecule has 146 valence electrons. The maximum atomic E-state index is 12.3. The fourth-order valence-electron chi connectivity index (χ4n) is 3.62. The second kappa shape index (κ2) is 7.92. The molecule has 1 atom stereocenters. The predicted molar refractivity (Wildman–Crippen MR) is 102 cm³/mol. The Morgan fingerprint density at radius 1 is 1.04 bits per heavy atom. The van der Waals surface area contributed by atoms with Crippen LogP contribution < -0.4 is 14.8 Å². The average molecular weight is 381 g/mol. The molecule has 0 saturated carbocycles. The van der Waals surface area contributed by atoms with Gasteiger partial charge in [-0.3, -0.25) is 4.79 Å². The first-order valence-corrected chi connectivity index (χ1v) is 9.58. The summed E-state index contributed by atoms with van der Waals surface area (Å²) in [5, 5.41) is 2.83. The molecule has 1 aliphatic heterocycles. The largest absolute Gasteiger partial charge is 0.454 e. The Balaban J connectivity index is 1.31. The minimum Gasteiger partial charge on any atom is -0.454 e. The zero-order valence-corrected chi connectivity index (χ0v) is 15.8. The van der Waals surface area contributed by atoms with E-state index in [1.807, 2.05) is 37.3 Å². The number of nitrogens with one attached hydrogen (secondary N) is 1. The van der Waals surface area contributed by atoms with Crippen molar-refractivity contribution in [1.29, 1.82) is 0 Å². The summed E-state index contributed by atoms with van der Waals surface area (Å²) in [7, 11) is 0. The van der Waals surface area contributed by atoms with Crippen molar-refractivity contribution in [1.82, 2.24) is 5.32 Å². The number of carbonyl (C=O) groups excluding carboxylic acids is 2. The number of hydrogen-bond donors (Lipinski definition) is 1. The van der Waals surface area contributed by atoms with E-state index in [4.69, 9.17) is 14.2 Å². The number of hydrogen-bond acceptors (Lipinski definition) is 5. The first-order chi connectivity index (χ1) is 13.6. The Hall–Kier alpha value is -3.02. The van der Waals surface area contributed by atoms with Crippen molar-refractivity contribution in [3.05, 3.63) is 58.7 Å². The Kier molecular flexibility index (Phi) is 5.19. The molecular weight excluding hydrogens is 358 g/mol. The van der Waals surface area contributed by atoms with Crippen molar-refractivity contribution in [2.75, 3.05) is 13.4 Å². The molecule has 0 fully saturated rings. The Morgan fingerprint density at radius 2 is 1.82 bits per heavy atom. The minimum atomic E-state index is -0.473. The molecule has 0 aromatic heterocycles. The molecule has 2 aromatic carbocycles. The number of fused-ring (bicyclic) bond motifs is 2. The van der Waals surface area contributed by atoms with E-state index in [1.165, 1.54) is 17.5 Å². The maximum absolute atomic E-state index is 12.3. The molecule has 6 heteroatoms. The molecule has 1 amide bonds. The summed E-state index contributed by atoms with van der Waals surface area (Å²) in [6.07, 6.45) is 4.39. The smallest absolute Gasteiger partial charge is 0.338 e. The minimum absolute atomic E-state index is 0.207. The lowest BCUT2D eigenvalue weighted by Gasteiger charge is -2.17. The quantitative estimate of drug-likeness (QED) is 0.804. The lowest BCUT2D eigenvalue weighted by molar-refractivity contribution is -0.124. The number of rotatable bonds is 5. The summed E-state index contributed by atoms with van der Waals surface area (Å²) in [5.74, 6) is 0.537. The fourth-order valence-corrected chi connectivity index (χ4v) is 3.62. The first-order valence-electron chi connectivity index (χ1n) is 9.58. The van der Waals surface area contributed by atoms with Gasteiger partial charge in [-0.15, -0.1) is 0 Å². The zero-order valence-electron chi connectivity index (χ0n) is 15.8. The van der Waals surface area contributed by atoms with Crippen LogP contribution in [0.5, 0.6) is 11.5 Å². The number of amides is 1. The maximum Gasteiger partial charge on any atom is 0.338 e. The molecule has 0 bridgehead atoms. The number of aryl methyl sites for hydroxylation is 2. The van der Waals surface area contributed by atoms with Crippen LogP contribution in [-0.4, -0.2) is 25.3 Å². The third kappa shape index (κ3) is 3.96. The molecule has 28 heavy (non-hydrogen) atoms. The van der Waals surface area contributed by atoms with E-state index in [9.17, 15) is 9.59 Å². The van der Waals surface area contributed by atoms with E-state index in [0.717, 1.165) is 24.8 Å². The van der Waals surface area contributed by atoms with E-state index >= 15 is 0 Å². The van der Waals surface area contributed by atoms with Gasteiger partial charge in [0.25, 0.3) is 5.91 Å². The fraction of sp³-hybridized carbons (Fsp3) is 0.364. The normalized spacial score (nSPS) is 15.5.